The van der Waals surface area contributed by atoms with E-state index in [2.05, 4.69) is 15.0 Å². The van der Waals surface area contributed by atoms with E-state index in [1.165, 1.54) is 18.4 Å². The van der Waals surface area contributed by atoms with E-state index in [0.29, 0.717) is 11.6 Å². The van der Waals surface area contributed by atoms with E-state index in [0.717, 1.165) is 10.6 Å². The number of carbonyl (C=O) groups excluding carboxylic acids is 2. The summed E-state index contributed by atoms with van der Waals surface area (Å²) in [7, 11) is 1.35. The number of aromatic nitrogens is 1. The van der Waals surface area contributed by atoms with Crippen LogP contribution in [0.4, 0.5) is 5.13 Å². The first kappa shape index (κ1) is 12.6. The van der Waals surface area contributed by atoms with Crippen molar-refractivity contribution >= 4 is 28.3 Å². The SMILES string of the molecule is CCC(=O)Nc1nc(C)c(CC(=O)OC)s1. The number of anilines is 1. The molecule has 0 aliphatic carbocycles. The molecule has 16 heavy (non-hydrogen) atoms. The molecule has 1 aromatic heterocycles. The molecular formula is C10H14N2O3S. The van der Waals surface area contributed by atoms with Gasteiger partial charge < -0.3 is 10.1 Å². The molecule has 0 radical (unpaired) electrons. The Hall–Kier alpha value is -1.43. The number of carbonyl (C=O) groups is 2. The third kappa shape index (κ3) is 3.30. The first-order valence-electron chi connectivity index (χ1n) is 4.89. The maximum atomic E-state index is 11.1. The molecule has 0 spiro atoms. The second kappa shape index (κ2) is 5.60. The third-order valence-electron chi connectivity index (χ3n) is 1.99. The van der Waals surface area contributed by atoms with E-state index in [1.54, 1.807) is 13.8 Å². The molecule has 0 aliphatic heterocycles. The number of esters is 1. The topological polar surface area (TPSA) is 68.3 Å². The summed E-state index contributed by atoms with van der Waals surface area (Å²) in [6, 6.07) is 0. The lowest BCUT2D eigenvalue weighted by atomic mass is 10.3. The predicted octanol–water partition coefficient (Wildman–Crippen LogP) is 1.52. The number of aryl methyl sites for hydroxylation is 1. The number of amides is 1. The van der Waals surface area contributed by atoms with Crippen LogP contribution in [-0.4, -0.2) is 24.0 Å². The van der Waals surface area contributed by atoms with E-state index >= 15 is 0 Å². The van der Waals surface area contributed by atoms with Crippen molar-refractivity contribution in [3.8, 4) is 0 Å². The quantitative estimate of drug-likeness (QED) is 0.813. The van der Waals surface area contributed by atoms with Gasteiger partial charge >= 0.3 is 5.97 Å². The molecule has 1 aromatic rings. The van der Waals surface area contributed by atoms with Gasteiger partial charge in [-0.2, -0.15) is 0 Å². The molecule has 0 unspecified atom stereocenters. The molecule has 0 fully saturated rings. The molecule has 0 saturated carbocycles. The van der Waals surface area contributed by atoms with Crippen molar-refractivity contribution in [3.63, 3.8) is 0 Å². The molecule has 0 aromatic carbocycles. The molecule has 6 heteroatoms. The van der Waals surface area contributed by atoms with Gasteiger partial charge in [0.1, 0.15) is 0 Å². The van der Waals surface area contributed by atoms with Crippen LogP contribution in [0, 0.1) is 6.92 Å². The van der Waals surface area contributed by atoms with Crippen LogP contribution in [-0.2, 0) is 20.7 Å². The highest BCUT2D eigenvalue weighted by atomic mass is 32.1. The Balaban J connectivity index is 2.73. The first-order valence-corrected chi connectivity index (χ1v) is 5.71. The summed E-state index contributed by atoms with van der Waals surface area (Å²) in [6.07, 6.45) is 0.604. The van der Waals surface area contributed by atoms with Crippen molar-refractivity contribution < 1.29 is 14.3 Å². The van der Waals surface area contributed by atoms with Gasteiger partial charge in [-0.05, 0) is 6.92 Å². The van der Waals surface area contributed by atoms with Gasteiger partial charge in [0, 0.05) is 11.3 Å². The number of hydrogen-bond donors (Lipinski definition) is 1. The maximum Gasteiger partial charge on any atom is 0.310 e. The number of hydrogen-bond acceptors (Lipinski definition) is 5. The van der Waals surface area contributed by atoms with E-state index < -0.39 is 0 Å². The van der Waals surface area contributed by atoms with Gasteiger partial charge in [-0.3, -0.25) is 9.59 Å². The van der Waals surface area contributed by atoms with E-state index in [9.17, 15) is 9.59 Å². The zero-order valence-corrected chi connectivity index (χ0v) is 10.3. The van der Waals surface area contributed by atoms with Crippen molar-refractivity contribution in [2.75, 3.05) is 12.4 Å². The van der Waals surface area contributed by atoms with Crippen LogP contribution in [0.2, 0.25) is 0 Å². The summed E-state index contributed by atoms with van der Waals surface area (Å²) >= 11 is 1.30. The summed E-state index contributed by atoms with van der Waals surface area (Å²) < 4.78 is 4.57. The van der Waals surface area contributed by atoms with Gasteiger partial charge in [-0.25, -0.2) is 4.98 Å². The number of nitrogens with one attached hydrogen (secondary N) is 1. The molecule has 1 rings (SSSR count). The Morgan fingerprint density at radius 3 is 2.75 bits per heavy atom. The van der Waals surface area contributed by atoms with Crippen molar-refractivity contribution in [2.24, 2.45) is 0 Å². The van der Waals surface area contributed by atoms with E-state index in [4.69, 9.17) is 0 Å². The Labute approximate surface area is 97.8 Å². The van der Waals surface area contributed by atoms with Crippen LogP contribution in [0.25, 0.3) is 0 Å². The van der Waals surface area contributed by atoms with Crippen molar-refractivity contribution in [3.05, 3.63) is 10.6 Å². The Bertz CT molecular complexity index is 401. The molecule has 1 heterocycles. The average molecular weight is 242 g/mol. The molecular weight excluding hydrogens is 228 g/mol. The summed E-state index contributed by atoms with van der Waals surface area (Å²) in [5.41, 5.74) is 0.752. The third-order valence-corrected chi connectivity index (χ3v) is 3.07. The highest BCUT2D eigenvalue weighted by molar-refractivity contribution is 7.16. The second-order valence-electron chi connectivity index (χ2n) is 3.18. The van der Waals surface area contributed by atoms with Crippen LogP contribution in [0.1, 0.15) is 23.9 Å². The minimum atomic E-state index is -0.305. The molecule has 0 saturated heterocycles. The van der Waals surface area contributed by atoms with Gasteiger partial charge in [0.2, 0.25) is 5.91 Å². The highest BCUT2D eigenvalue weighted by Gasteiger charge is 2.12. The van der Waals surface area contributed by atoms with Gasteiger partial charge in [-0.1, -0.05) is 6.92 Å². The van der Waals surface area contributed by atoms with Gasteiger partial charge in [0.05, 0.1) is 19.2 Å². The average Bonchev–Trinajstić information content (AvgIpc) is 2.58. The lowest BCUT2D eigenvalue weighted by Crippen LogP contribution is -2.08. The summed E-state index contributed by atoms with van der Waals surface area (Å²) in [6.45, 7) is 3.57. The molecule has 5 nitrogen and oxygen atoms in total. The minimum Gasteiger partial charge on any atom is -0.469 e. The fraction of sp³-hybridized carbons (Fsp3) is 0.500. The zero-order valence-electron chi connectivity index (χ0n) is 9.49. The lowest BCUT2D eigenvalue weighted by Gasteiger charge is -1.96. The molecule has 88 valence electrons. The monoisotopic (exact) mass is 242 g/mol. The summed E-state index contributed by atoms with van der Waals surface area (Å²) in [5, 5.41) is 3.19. The molecule has 1 N–H and O–H groups in total. The lowest BCUT2D eigenvalue weighted by molar-refractivity contribution is -0.139. The Morgan fingerprint density at radius 1 is 1.50 bits per heavy atom. The Morgan fingerprint density at radius 2 is 2.19 bits per heavy atom. The molecule has 0 aliphatic rings. The number of methoxy groups -OCH3 is 1. The predicted molar refractivity (Wildman–Crippen MR) is 61.5 cm³/mol. The van der Waals surface area contributed by atoms with Crippen LogP contribution in [0.15, 0.2) is 0 Å². The first-order chi connectivity index (χ1) is 7.56. The second-order valence-corrected chi connectivity index (χ2v) is 4.27. The van der Waals surface area contributed by atoms with Crippen molar-refractivity contribution in [2.45, 2.75) is 26.7 Å². The highest BCUT2D eigenvalue weighted by Crippen LogP contribution is 2.23. The fourth-order valence-corrected chi connectivity index (χ4v) is 2.02. The van der Waals surface area contributed by atoms with Crippen LogP contribution >= 0.6 is 11.3 Å². The normalized spacial score (nSPS) is 9.94. The van der Waals surface area contributed by atoms with Gasteiger partial charge in [-0.15, -0.1) is 11.3 Å². The minimum absolute atomic E-state index is 0.0848. The molecule has 0 atom stereocenters. The number of nitrogens with zero attached hydrogens (tertiary/aromatic N) is 1. The Kier molecular flexibility index (Phi) is 4.42. The van der Waals surface area contributed by atoms with Gasteiger partial charge in [0.15, 0.2) is 5.13 Å². The fourth-order valence-electron chi connectivity index (χ4n) is 1.06. The van der Waals surface area contributed by atoms with Crippen molar-refractivity contribution in [1.82, 2.24) is 4.98 Å². The van der Waals surface area contributed by atoms with Crippen molar-refractivity contribution in [1.29, 1.82) is 0 Å². The smallest absolute Gasteiger partial charge is 0.310 e. The zero-order chi connectivity index (χ0) is 12.1. The maximum absolute atomic E-state index is 11.1. The van der Waals surface area contributed by atoms with Crippen LogP contribution in [0.5, 0.6) is 0 Å². The number of rotatable bonds is 4. The largest absolute Gasteiger partial charge is 0.469 e. The molecule has 0 bridgehead atoms. The standard InChI is InChI=1S/C10H14N2O3S/c1-4-8(13)12-10-11-6(2)7(16-10)5-9(14)15-3/h4-5H2,1-3H3,(H,11,12,13). The summed E-state index contributed by atoms with van der Waals surface area (Å²) in [5.74, 6) is -0.390. The van der Waals surface area contributed by atoms with Crippen LogP contribution < -0.4 is 5.32 Å². The van der Waals surface area contributed by atoms with Gasteiger partial charge in [0.25, 0.3) is 0 Å². The van der Waals surface area contributed by atoms with E-state index in [1.807, 2.05) is 0 Å². The van der Waals surface area contributed by atoms with Crippen LogP contribution in [0.3, 0.4) is 0 Å². The summed E-state index contributed by atoms with van der Waals surface area (Å²) in [4.78, 5) is 27.2. The molecule has 1 amide bonds. The number of ether oxygens (including phenoxy) is 1. The number of thiazole rings is 1. The van der Waals surface area contributed by atoms with E-state index in [-0.39, 0.29) is 18.3 Å².